The molecular formula is C18H25F3N2O. The van der Waals surface area contributed by atoms with E-state index in [0.717, 1.165) is 50.9 Å². The largest absolute Gasteiger partial charge is 0.416 e. The molecule has 1 aliphatic heterocycles. The lowest BCUT2D eigenvalue weighted by atomic mass is 10.1. The Balaban J connectivity index is 1.90. The molecule has 0 bridgehead atoms. The van der Waals surface area contributed by atoms with E-state index < -0.39 is 11.7 Å². The van der Waals surface area contributed by atoms with Gasteiger partial charge in [0.15, 0.2) is 0 Å². The van der Waals surface area contributed by atoms with Crippen molar-refractivity contribution in [2.45, 2.75) is 44.8 Å². The quantitative estimate of drug-likeness (QED) is 0.828. The van der Waals surface area contributed by atoms with Crippen molar-refractivity contribution in [3.63, 3.8) is 0 Å². The van der Waals surface area contributed by atoms with E-state index in [1.807, 2.05) is 4.90 Å². The second-order valence-corrected chi connectivity index (χ2v) is 6.52. The summed E-state index contributed by atoms with van der Waals surface area (Å²) in [6, 6.07) is 5.28. The summed E-state index contributed by atoms with van der Waals surface area (Å²) >= 11 is 0. The second kappa shape index (κ2) is 8.51. The first-order valence-electron chi connectivity index (χ1n) is 8.49. The molecule has 0 radical (unpaired) electrons. The van der Waals surface area contributed by atoms with Crippen LogP contribution in [0, 0.1) is 0 Å². The first-order valence-corrected chi connectivity index (χ1v) is 8.49. The maximum absolute atomic E-state index is 12.8. The summed E-state index contributed by atoms with van der Waals surface area (Å²) in [6.45, 7) is 2.13. The van der Waals surface area contributed by atoms with Crippen LogP contribution in [0.15, 0.2) is 24.3 Å². The average Bonchev–Trinajstić information content (AvgIpc) is 2.45. The third kappa shape index (κ3) is 5.82. The van der Waals surface area contributed by atoms with E-state index >= 15 is 0 Å². The predicted octanol–water partition coefficient (Wildman–Crippen LogP) is 3.93. The maximum atomic E-state index is 12.8. The van der Waals surface area contributed by atoms with Gasteiger partial charge < -0.3 is 4.90 Å². The highest BCUT2D eigenvalue weighted by atomic mass is 19.4. The number of carbonyl (C=O) groups is 1. The minimum atomic E-state index is -4.34. The van der Waals surface area contributed by atoms with E-state index in [0.29, 0.717) is 12.1 Å². The van der Waals surface area contributed by atoms with Crippen LogP contribution >= 0.6 is 0 Å². The number of hydrogen-bond acceptors (Lipinski definition) is 2. The van der Waals surface area contributed by atoms with Crippen LogP contribution in [0.4, 0.5) is 13.2 Å². The number of hydrogen-bond donors (Lipinski definition) is 0. The number of amides is 1. The van der Waals surface area contributed by atoms with Crippen LogP contribution in [0.1, 0.15) is 43.2 Å². The summed E-state index contributed by atoms with van der Waals surface area (Å²) in [4.78, 5) is 16.1. The van der Waals surface area contributed by atoms with Gasteiger partial charge in [0, 0.05) is 19.6 Å². The zero-order valence-electron chi connectivity index (χ0n) is 14.1. The molecule has 0 unspecified atom stereocenters. The zero-order valence-corrected chi connectivity index (χ0v) is 14.1. The van der Waals surface area contributed by atoms with Crippen molar-refractivity contribution in [2.75, 3.05) is 26.7 Å². The van der Waals surface area contributed by atoms with Gasteiger partial charge in [-0.05, 0) is 31.5 Å². The lowest BCUT2D eigenvalue weighted by molar-refractivity contribution is -0.137. The summed E-state index contributed by atoms with van der Waals surface area (Å²) < 4.78 is 38.3. The summed E-state index contributed by atoms with van der Waals surface area (Å²) in [5, 5.41) is 0. The van der Waals surface area contributed by atoms with Gasteiger partial charge in [-0.15, -0.1) is 0 Å². The highest BCUT2D eigenvalue weighted by molar-refractivity contribution is 5.78. The molecule has 0 aromatic heterocycles. The lowest BCUT2D eigenvalue weighted by Gasteiger charge is -2.27. The fraction of sp³-hybridized carbons (Fsp3) is 0.611. The Morgan fingerprint density at radius 1 is 1.12 bits per heavy atom. The SMILES string of the molecule is CN(CC(=O)N1CCCCCCC1)Cc1cccc(C(F)(F)F)c1. The Bertz CT molecular complexity index is 537. The van der Waals surface area contributed by atoms with Gasteiger partial charge in [-0.2, -0.15) is 13.2 Å². The summed E-state index contributed by atoms with van der Waals surface area (Å²) in [5.41, 5.74) is -0.0868. The molecule has 1 aromatic carbocycles. The van der Waals surface area contributed by atoms with Gasteiger partial charge in [0.2, 0.25) is 5.91 Å². The van der Waals surface area contributed by atoms with Gasteiger partial charge in [0.1, 0.15) is 0 Å². The summed E-state index contributed by atoms with van der Waals surface area (Å²) in [7, 11) is 1.77. The van der Waals surface area contributed by atoms with Crippen molar-refractivity contribution in [3.05, 3.63) is 35.4 Å². The van der Waals surface area contributed by atoms with Gasteiger partial charge in [-0.3, -0.25) is 9.69 Å². The number of alkyl halides is 3. The minimum absolute atomic E-state index is 0.0615. The van der Waals surface area contributed by atoms with Crippen molar-refractivity contribution >= 4 is 5.91 Å². The lowest BCUT2D eigenvalue weighted by Crippen LogP contribution is -2.40. The molecule has 1 saturated heterocycles. The molecule has 24 heavy (non-hydrogen) atoms. The Hall–Kier alpha value is -1.56. The minimum Gasteiger partial charge on any atom is -0.342 e. The van der Waals surface area contributed by atoms with Crippen molar-refractivity contribution in [2.24, 2.45) is 0 Å². The smallest absolute Gasteiger partial charge is 0.342 e. The van der Waals surface area contributed by atoms with Gasteiger partial charge >= 0.3 is 6.18 Å². The van der Waals surface area contributed by atoms with E-state index in [9.17, 15) is 18.0 Å². The molecule has 2 rings (SSSR count). The first-order chi connectivity index (χ1) is 11.4. The van der Waals surface area contributed by atoms with E-state index in [1.165, 1.54) is 12.5 Å². The topological polar surface area (TPSA) is 23.6 Å². The maximum Gasteiger partial charge on any atom is 0.416 e. The fourth-order valence-electron chi connectivity index (χ4n) is 3.04. The Morgan fingerprint density at radius 2 is 1.75 bits per heavy atom. The van der Waals surface area contributed by atoms with Crippen LogP contribution < -0.4 is 0 Å². The van der Waals surface area contributed by atoms with E-state index in [-0.39, 0.29) is 12.5 Å². The second-order valence-electron chi connectivity index (χ2n) is 6.52. The Labute approximate surface area is 141 Å². The highest BCUT2D eigenvalue weighted by Gasteiger charge is 2.30. The molecule has 1 amide bonds. The van der Waals surface area contributed by atoms with Gasteiger partial charge in [0.05, 0.1) is 12.1 Å². The van der Waals surface area contributed by atoms with E-state index in [4.69, 9.17) is 0 Å². The Kier molecular flexibility index (Phi) is 6.66. The molecule has 0 aliphatic carbocycles. The van der Waals surface area contributed by atoms with Crippen molar-refractivity contribution in [3.8, 4) is 0 Å². The van der Waals surface area contributed by atoms with Crippen LogP contribution in [-0.2, 0) is 17.5 Å². The molecule has 0 N–H and O–H groups in total. The molecule has 3 nitrogen and oxygen atoms in total. The monoisotopic (exact) mass is 342 g/mol. The molecule has 0 spiro atoms. The average molecular weight is 342 g/mol. The van der Waals surface area contributed by atoms with Crippen LogP contribution in [0.2, 0.25) is 0 Å². The van der Waals surface area contributed by atoms with E-state index in [1.54, 1.807) is 18.0 Å². The number of nitrogens with zero attached hydrogens (tertiary/aromatic N) is 2. The predicted molar refractivity (Wildman–Crippen MR) is 87.4 cm³/mol. The molecule has 0 saturated carbocycles. The van der Waals surface area contributed by atoms with Crippen LogP contribution in [0.3, 0.4) is 0 Å². The third-order valence-corrected chi connectivity index (χ3v) is 4.32. The summed E-state index contributed by atoms with van der Waals surface area (Å²) in [6.07, 6.45) is 1.27. The zero-order chi connectivity index (χ0) is 17.6. The normalized spacial score (nSPS) is 16.8. The first kappa shape index (κ1) is 18.8. The van der Waals surface area contributed by atoms with Crippen LogP contribution in [0.5, 0.6) is 0 Å². The number of likely N-dealkylation sites (N-methyl/N-ethyl adjacent to an activating group) is 1. The summed E-state index contributed by atoms with van der Waals surface area (Å²) in [5.74, 6) is 0.0615. The molecule has 1 heterocycles. The highest BCUT2D eigenvalue weighted by Crippen LogP contribution is 2.29. The number of carbonyl (C=O) groups excluding carboxylic acids is 1. The molecular weight excluding hydrogens is 317 g/mol. The number of rotatable bonds is 4. The molecule has 1 aliphatic rings. The molecule has 134 valence electrons. The van der Waals surface area contributed by atoms with Crippen LogP contribution in [-0.4, -0.2) is 42.4 Å². The fourth-order valence-corrected chi connectivity index (χ4v) is 3.04. The van der Waals surface area contributed by atoms with Crippen molar-refractivity contribution < 1.29 is 18.0 Å². The standard InChI is InChI=1S/C18H25F3N2O/c1-22(13-15-8-7-9-16(12-15)18(19,20)21)14-17(24)23-10-5-3-2-4-6-11-23/h7-9,12H,2-6,10-11,13-14H2,1H3. The number of benzene rings is 1. The number of likely N-dealkylation sites (tertiary alicyclic amines) is 1. The third-order valence-electron chi connectivity index (χ3n) is 4.32. The Morgan fingerprint density at radius 3 is 2.38 bits per heavy atom. The molecule has 6 heteroatoms. The molecule has 1 aromatic rings. The van der Waals surface area contributed by atoms with E-state index in [2.05, 4.69) is 0 Å². The number of halogens is 3. The van der Waals surface area contributed by atoms with Crippen LogP contribution in [0.25, 0.3) is 0 Å². The van der Waals surface area contributed by atoms with Gasteiger partial charge in [-0.25, -0.2) is 0 Å². The van der Waals surface area contributed by atoms with Crippen molar-refractivity contribution in [1.82, 2.24) is 9.80 Å². The van der Waals surface area contributed by atoms with Gasteiger partial charge in [-0.1, -0.05) is 37.5 Å². The molecule has 0 atom stereocenters. The van der Waals surface area contributed by atoms with Crippen molar-refractivity contribution in [1.29, 1.82) is 0 Å². The molecule has 1 fully saturated rings. The van der Waals surface area contributed by atoms with Gasteiger partial charge in [0.25, 0.3) is 0 Å².